The van der Waals surface area contributed by atoms with Gasteiger partial charge in [0.1, 0.15) is 34.2 Å². The first-order valence-electron chi connectivity index (χ1n) is 20.8. The Morgan fingerprint density at radius 3 is 1.69 bits per heavy atom. The fourth-order valence-electron chi connectivity index (χ4n) is 8.39. The maximum atomic E-state index is 10.8. The van der Waals surface area contributed by atoms with Crippen LogP contribution in [0, 0.1) is 0 Å². The summed E-state index contributed by atoms with van der Waals surface area (Å²) in [6.45, 7) is 14.8. The fourth-order valence-corrected chi connectivity index (χ4v) is 8.39. The molecule has 0 saturated carbocycles. The Kier molecular flexibility index (Phi) is 10.3. The van der Waals surface area contributed by atoms with Gasteiger partial charge in [0.15, 0.2) is 0 Å². The molecule has 8 heterocycles. The van der Waals surface area contributed by atoms with Crippen molar-refractivity contribution in [1.29, 1.82) is 0 Å². The molecule has 4 N–H and O–H groups in total. The highest BCUT2D eigenvalue weighted by Crippen LogP contribution is 2.34. The lowest BCUT2D eigenvalue weighted by Crippen LogP contribution is -2.39. The second-order valence-corrected chi connectivity index (χ2v) is 17.1. The molecule has 13 nitrogen and oxygen atoms in total. The number of ether oxygens (including phenoxy) is 1. The van der Waals surface area contributed by atoms with E-state index < -0.39 is 11.2 Å². The largest absolute Gasteiger partial charge is 0.386 e. The number of nitrogens with zero attached hydrogens (tertiary/aromatic N) is 8. The van der Waals surface area contributed by atoms with E-state index in [-0.39, 0.29) is 0 Å². The molecule has 2 fully saturated rings. The number of hydrogen-bond donors (Lipinski definition) is 4. The van der Waals surface area contributed by atoms with Gasteiger partial charge in [-0.05, 0) is 121 Å². The highest BCUT2D eigenvalue weighted by atomic mass is 16.5. The second kappa shape index (κ2) is 15.6. The summed E-state index contributed by atoms with van der Waals surface area (Å²) < 4.78 is 9.56. The molecule has 0 bridgehead atoms. The van der Waals surface area contributed by atoms with Gasteiger partial charge in [-0.2, -0.15) is 0 Å². The number of hydrogen-bond acceptors (Lipinski definition) is 11. The van der Waals surface area contributed by atoms with Gasteiger partial charge in [-0.1, -0.05) is 24.3 Å². The third-order valence-corrected chi connectivity index (χ3v) is 11.7. The minimum absolute atomic E-state index is 0.446. The smallest absolute Gasteiger partial charge is 0.148 e. The minimum atomic E-state index is -1.01. The number of para-hydroxylation sites is 4. The average molecular weight is 795 g/mol. The van der Waals surface area contributed by atoms with E-state index in [1.807, 2.05) is 66.7 Å². The van der Waals surface area contributed by atoms with Crippen LogP contribution in [0.2, 0.25) is 0 Å². The second-order valence-electron chi connectivity index (χ2n) is 17.1. The van der Waals surface area contributed by atoms with Crippen LogP contribution in [0.5, 0.6) is 0 Å². The number of likely N-dealkylation sites (tertiary alicyclic amines) is 1. The van der Waals surface area contributed by atoms with Gasteiger partial charge in [-0.3, -0.25) is 13.7 Å². The monoisotopic (exact) mass is 794 g/mol. The molecule has 2 aliphatic rings. The Balaban J connectivity index is 0.000000152. The van der Waals surface area contributed by atoms with E-state index in [0.717, 1.165) is 144 Å². The molecule has 13 heteroatoms. The molecule has 0 atom stereocenters. The Hall–Kier alpha value is -5.44. The normalized spacial score (nSPS) is 16.4. The van der Waals surface area contributed by atoms with Crippen LogP contribution >= 0.6 is 0 Å². The highest BCUT2D eigenvalue weighted by molar-refractivity contribution is 5.92. The molecule has 0 radical (unpaired) electrons. The van der Waals surface area contributed by atoms with Crippen LogP contribution in [0.25, 0.3) is 55.4 Å². The molecule has 0 amide bonds. The van der Waals surface area contributed by atoms with E-state index in [4.69, 9.17) is 24.7 Å². The van der Waals surface area contributed by atoms with Crippen molar-refractivity contribution in [2.45, 2.75) is 57.8 Å². The summed E-state index contributed by atoms with van der Waals surface area (Å²) >= 11 is 0. The van der Waals surface area contributed by atoms with Crippen LogP contribution in [-0.2, 0) is 15.9 Å². The summed E-state index contributed by atoms with van der Waals surface area (Å²) in [5.74, 6) is 1.73. The molecule has 6 aromatic heterocycles. The first-order valence-corrected chi connectivity index (χ1v) is 20.8. The number of aromatic nitrogens is 6. The molecular formula is C46H54N10O3. The lowest BCUT2D eigenvalue weighted by molar-refractivity contribution is 0.0398. The van der Waals surface area contributed by atoms with Gasteiger partial charge >= 0.3 is 0 Å². The summed E-state index contributed by atoms with van der Waals surface area (Å²) in [6, 6.07) is 28.7. The zero-order valence-corrected chi connectivity index (χ0v) is 34.6. The van der Waals surface area contributed by atoms with Gasteiger partial charge < -0.3 is 30.5 Å². The lowest BCUT2D eigenvalue weighted by atomic mass is 9.98. The molecule has 0 unspecified atom stereocenters. The van der Waals surface area contributed by atoms with E-state index >= 15 is 0 Å². The molecule has 8 aromatic rings. The Morgan fingerprint density at radius 1 is 0.644 bits per heavy atom. The van der Waals surface area contributed by atoms with Gasteiger partial charge in [0.2, 0.25) is 0 Å². The van der Waals surface area contributed by atoms with E-state index in [1.54, 1.807) is 27.7 Å². The fraction of sp³-hybridized carbons (Fsp3) is 0.391. The maximum absolute atomic E-state index is 10.8. The summed E-state index contributed by atoms with van der Waals surface area (Å²) in [5.41, 5.74) is 6.58. The van der Waals surface area contributed by atoms with Crippen molar-refractivity contribution in [2.75, 3.05) is 70.2 Å². The number of rotatable bonds is 8. The van der Waals surface area contributed by atoms with Gasteiger partial charge in [-0.15, -0.1) is 0 Å². The standard InChI is InChI=1S/C23H27N5O2.C23H27N5O/c1-23(2,29)17-15-16-7-8-20(24-9-10-27-11-13-30-14-12-27)26-21(16)28-19-6-4-3-5-18(19)25-22(17)28;1-23(2,29)17-14-15-8-9-20(24-16-10-12-27(3)13-11-16)26-21(15)28-19-7-5-4-6-18(19)25-22(17)28/h3-8,15,29H,9-14H2,1-2H3,(H,24,26);4-9,14,16,29H,10-13H2,1-3H3,(H,24,26). The lowest BCUT2D eigenvalue weighted by Gasteiger charge is -2.29. The van der Waals surface area contributed by atoms with Crippen molar-refractivity contribution in [3.63, 3.8) is 0 Å². The van der Waals surface area contributed by atoms with Crippen molar-refractivity contribution < 1.29 is 14.9 Å². The Morgan fingerprint density at radius 2 is 1.15 bits per heavy atom. The van der Waals surface area contributed by atoms with Gasteiger partial charge in [0.05, 0.1) is 46.5 Å². The average Bonchev–Trinajstić information content (AvgIpc) is 3.81. The molecule has 0 aliphatic carbocycles. The molecule has 10 rings (SSSR count). The highest BCUT2D eigenvalue weighted by Gasteiger charge is 2.26. The Labute approximate surface area is 343 Å². The third kappa shape index (κ3) is 7.88. The minimum Gasteiger partial charge on any atom is -0.386 e. The van der Waals surface area contributed by atoms with Crippen LogP contribution in [0.15, 0.2) is 84.9 Å². The van der Waals surface area contributed by atoms with Crippen LogP contribution in [-0.4, -0.2) is 114 Å². The molecule has 2 aromatic carbocycles. The number of fused-ring (bicyclic) bond motifs is 10. The third-order valence-electron chi connectivity index (χ3n) is 11.7. The predicted molar refractivity (Wildman–Crippen MR) is 236 cm³/mol. The molecule has 306 valence electrons. The summed E-state index contributed by atoms with van der Waals surface area (Å²) in [4.78, 5) is 24.3. The van der Waals surface area contributed by atoms with Crippen molar-refractivity contribution >= 4 is 67.1 Å². The maximum Gasteiger partial charge on any atom is 0.148 e. The molecule has 0 spiro atoms. The number of anilines is 2. The van der Waals surface area contributed by atoms with E-state index in [2.05, 4.69) is 54.5 Å². The first-order chi connectivity index (χ1) is 28.4. The number of imidazole rings is 2. The number of nitrogens with one attached hydrogen (secondary N) is 2. The number of benzene rings is 2. The number of piperidine rings is 1. The predicted octanol–water partition coefficient (Wildman–Crippen LogP) is 6.78. The van der Waals surface area contributed by atoms with Crippen molar-refractivity contribution in [3.05, 3.63) is 96.1 Å². The quantitative estimate of drug-likeness (QED) is 0.130. The molecular weight excluding hydrogens is 741 g/mol. The summed E-state index contributed by atoms with van der Waals surface area (Å²) in [6.07, 6.45) is 2.24. The molecule has 2 saturated heterocycles. The Bertz CT molecular complexity index is 2790. The van der Waals surface area contributed by atoms with Crippen LogP contribution in [0.1, 0.15) is 51.7 Å². The zero-order chi connectivity index (χ0) is 40.9. The number of pyridine rings is 4. The van der Waals surface area contributed by atoms with Crippen molar-refractivity contribution in [3.8, 4) is 0 Å². The SMILES string of the molecule is CC(C)(O)c1cc2ccc(NCCN3CCOCC3)nc2n2c1nc1ccccc12.CN1CCC(Nc2ccc3cc(C(C)(C)O)c4nc5ccccc5n4c3n2)CC1. The van der Waals surface area contributed by atoms with Crippen LogP contribution in [0.3, 0.4) is 0 Å². The topological polar surface area (TPSA) is 141 Å². The van der Waals surface area contributed by atoms with E-state index in [1.165, 1.54) is 0 Å². The number of aliphatic hydroxyl groups is 2. The van der Waals surface area contributed by atoms with Gasteiger partial charge in [0.25, 0.3) is 0 Å². The van der Waals surface area contributed by atoms with Gasteiger partial charge in [-0.25, -0.2) is 19.9 Å². The molecule has 59 heavy (non-hydrogen) atoms. The summed E-state index contributed by atoms with van der Waals surface area (Å²) in [7, 11) is 2.17. The zero-order valence-electron chi connectivity index (χ0n) is 34.6. The van der Waals surface area contributed by atoms with Crippen LogP contribution in [0.4, 0.5) is 11.6 Å². The first kappa shape index (κ1) is 39.0. The van der Waals surface area contributed by atoms with Gasteiger partial charge in [0, 0.05) is 54.1 Å². The van der Waals surface area contributed by atoms with E-state index in [9.17, 15) is 10.2 Å². The molecule has 2 aliphatic heterocycles. The number of morpholine rings is 1. The summed E-state index contributed by atoms with van der Waals surface area (Å²) in [5, 5.41) is 30.6. The van der Waals surface area contributed by atoms with E-state index in [0.29, 0.717) is 6.04 Å². The van der Waals surface area contributed by atoms with Crippen molar-refractivity contribution in [1.82, 2.24) is 38.5 Å². The van der Waals surface area contributed by atoms with Crippen LogP contribution < -0.4 is 10.6 Å². The van der Waals surface area contributed by atoms with Crippen molar-refractivity contribution in [2.24, 2.45) is 0 Å².